The summed E-state index contributed by atoms with van der Waals surface area (Å²) in [6.45, 7) is 9.76. The van der Waals surface area contributed by atoms with Gasteiger partial charge in [0.05, 0.1) is 17.9 Å². The van der Waals surface area contributed by atoms with Crippen molar-refractivity contribution >= 4 is 23.4 Å². The highest BCUT2D eigenvalue weighted by molar-refractivity contribution is 7.71. The average Bonchev–Trinajstić information content (AvgIpc) is 3.00. The largest absolute Gasteiger partial charge is 0.328 e. The Labute approximate surface area is 128 Å². The summed E-state index contributed by atoms with van der Waals surface area (Å²) < 4.78 is 6.76. The standard InChI is InChI=1S/C14H20N6S/c1-6-20-13-12(9(3)17-20)15-14(21)19(13)7-11-8(2)16-18(5)10(11)4/h6-7H2,1-5H3,(H,15,21). The van der Waals surface area contributed by atoms with Gasteiger partial charge in [0.1, 0.15) is 5.52 Å². The number of imidazole rings is 1. The molecule has 0 aliphatic carbocycles. The van der Waals surface area contributed by atoms with E-state index in [2.05, 4.69) is 33.6 Å². The van der Waals surface area contributed by atoms with E-state index in [0.717, 1.165) is 40.4 Å². The van der Waals surface area contributed by atoms with Gasteiger partial charge in [-0.3, -0.25) is 9.25 Å². The van der Waals surface area contributed by atoms with Crippen LogP contribution in [0.2, 0.25) is 0 Å². The zero-order valence-electron chi connectivity index (χ0n) is 13.1. The highest BCUT2D eigenvalue weighted by Crippen LogP contribution is 2.21. The first-order valence-electron chi connectivity index (χ1n) is 7.09. The minimum Gasteiger partial charge on any atom is -0.328 e. The number of H-pyrrole nitrogens is 1. The Balaban J connectivity index is 2.21. The first-order valence-corrected chi connectivity index (χ1v) is 7.49. The lowest BCUT2D eigenvalue weighted by Gasteiger charge is -2.07. The van der Waals surface area contributed by atoms with Crippen LogP contribution >= 0.6 is 12.2 Å². The van der Waals surface area contributed by atoms with Crippen molar-refractivity contribution in [2.75, 3.05) is 0 Å². The van der Waals surface area contributed by atoms with Crippen LogP contribution in [0.1, 0.15) is 29.6 Å². The van der Waals surface area contributed by atoms with Crippen molar-refractivity contribution in [2.24, 2.45) is 7.05 Å². The van der Waals surface area contributed by atoms with E-state index in [4.69, 9.17) is 12.2 Å². The van der Waals surface area contributed by atoms with Crippen LogP contribution in [0.4, 0.5) is 0 Å². The molecule has 0 radical (unpaired) electrons. The SMILES string of the molecule is CCn1nc(C)c2[nH]c(=S)n(Cc3c(C)nn(C)c3C)c21. The molecule has 3 aromatic rings. The quantitative estimate of drug-likeness (QED) is 0.757. The van der Waals surface area contributed by atoms with Gasteiger partial charge in [-0.15, -0.1) is 0 Å². The molecule has 3 heterocycles. The summed E-state index contributed by atoms with van der Waals surface area (Å²) in [5.41, 5.74) is 6.50. The number of aromatic nitrogens is 6. The van der Waals surface area contributed by atoms with Crippen LogP contribution in [0, 0.1) is 25.5 Å². The van der Waals surface area contributed by atoms with Crippen molar-refractivity contribution in [3.63, 3.8) is 0 Å². The second kappa shape index (κ2) is 4.84. The van der Waals surface area contributed by atoms with Gasteiger partial charge in [0.25, 0.3) is 0 Å². The van der Waals surface area contributed by atoms with Gasteiger partial charge in [0.2, 0.25) is 0 Å². The van der Waals surface area contributed by atoms with Gasteiger partial charge in [-0.25, -0.2) is 4.68 Å². The predicted molar refractivity (Wildman–Crippen MR) is 85.1 cm³/mol. The molecule has 0 aromatic carbocycles. The maximum Gasteiger partial charge on any atom is 0.179 e. The molecule has 0 aliphatic heterocycles. The molecule has 21 heavy (non-hydrogen) atoms. The number of aromatic amines is 1. The molecule has 0 aliphatic rings. The van der Waals surface area contributed by atoms with Gasteiger partial charge >= 0.3 is 0 Å². The van der Waals surface area contributed by atoms with Crippen LogP contribution < -0.4 is 0 Å². The molecule has 0 saturated heterocycles. The van der Waals surface area contributed by atoms with Gasteiger partial charge in [0.15, 0.2) is 10.4 Å². The van der Waals surface area contributed by atoms with Crippen molar-refractivity contribution in [3.05, 3.63) is 27.4 Å². The molecular weight excluding hydrogens is 284 g/mol. The lowest BCUT2D eigenvalue weighted by Crippen LogP contribution is -2.07. The number of hydrogen-bond donors (Lipinski definition) is 1. The molecule has 3 aromatic heterocycles. The first-order chi connectivity index (χ1) is 9.93. The highest BCUT2D eigenvalue weighted by Gasteiger charge is 2.17. The number of aryl methyl sites for hydroxylation is 4. The van der Waals surface area contributed by atoms with Gasteiger partial charge in [-0.2, -0.15) is 10.2 Å². The summed E-state index contributed by atoms with van der Waals surface area (Å²) in [6, 6.07) is 0. The van der Waals surface area contributed by atoms with E-state index in [-0.39, 0.29) is 0 Å². The summed E-state index contributed by atoms with van der Waals surface area (Å²) in [5, 5.41) is 9.04. The fourth-order valence-corrected chi connectivity index (χ4v) is 3.09. The monoisotopic (exact) mass is 304 g/mol. The number of rotatable bonds is 3. The summed E-state index contributed by atoms with van der Waals surface area (Å²) in [6.07, 6.45) is 0. The molecule has 0 bridgehead atoms. The fourth-order valence-electron chi connectivity index (χ4n) is 2.83. The lowest BCUT2D eigenvalue weighted by atomic mass is 10.2. The summed E-state index contributed by atoms with van der Waals surface area (Å²) >= 11 is 5.51. The summed E-state index contributed by atoms with van der Waals surface area (Å²) in [7, 11) is 1.97. The van der Waals surface area contributed by atoms with Crippen molar-refractivity contribution in [3.8, 4) is 0 Å². The maximum atomic E-state index is 5.51. The minimum atomic E-state index is 0.718. The Hall–Kier alpha value is -1.89. The first kappa shape index (κ1) is 14.1. The van der Waals surface area contributed by atoms with Gasteiger partial charge in [0, 0.05) is 24.8 Å². The zero-order chi connectivity index (χ0) is 15.3. The smallest absolute Gasteiger partial charge is 0.179 e. The normalized spacial score (nSPS) is 11.7. The molecule has 0 atom stereocenters. The summed E-state index contributed by atoms with van der Waals surface area (Å²) in [5.74, 6) is 0. The molecule has 0 unspecified atom stereocenters. The number of hydrogen-bond acceptors (Lipinski definition) is 3. The van der Waals surface area contributed by atoms with Crippen LogP contribution in [-0.2, 0) is 20.1 Å². The second-order valence-corrected chi connectivity index (χ2v) is 5.78. The highest BCUT2D eigenvalue weighted by atomic mass is 32.1. The Morgan fingerprint density at radius 2 is 1.86 bits per heavy atom. The molecule has 0 spiro atoms. The number of fused-ring (bicyclic) bond motifs is 1. The van der Waals surface area contributed by atoms with E-state index >= 15 is 0 Å². The fraction of sp³-hybridized carbons (Fsp3) is 0.500. The average molecular weight is 304 g/mol. The van der Waals surface area contributed by atoms with Crippen LogP contribution in [0.25, 0.3) is 11.2 Å². The Bertz CT molecular complexity index is 876. The van der Waals surface area contributed by atoms with Gasteiger partial charge in [-0.05, 0) is 39.9 Å². The minimum absolute atomic E-state index is 0.718. The van der Waals surface area contributed by atoms with E-state index in [1.807, 2.05) is 30.3 Å². The van der Waals surface area contributed by atoms with E-state index in [9.17, 15) is 0 Å². The van der Waals surface area contributed by atoms with Crippen LogP contribution in [0.15, 0.2) is 0 Å². The third kappa shape index (κ3) is 2.03. The molecule has 0 amide bonds. The van der Waals surface area contributed by atoms with Crippen molar-refractivity contribution < 1.29 is 0 Å². The van der Waals surface area contributed by atoms with Crippen molar-refractivity contribution in [1.82, 2.24) is 29.1 Å². The van der Waals surface area contributed by atoms with Gasteiger partial charge in [-0.1, -0.05) is 0 Å². The third-order valence-corrected chi connectivity index (χ3v) is 4.43. The lowest BCUT2D eigenvalue weighted by molar-refractivity contribution is 0.642. The van der Waals surface area contributed by atoms with E-state index in [1.54, 1.807) is 0 Å². The molecule has 0 saturated carbocycles. The van der Waals surface area contributed by atoms with Gasteiger partial charge < -0.3 is 4.98 Å². The molecule has 7 heteroatoms. The third-order valence-electron chi connectivity index (χ3n) is 4.11. The Morgan fingerprint density at radius 3 is 2.43 bits per heavy atom. The predicted octanol–water partition coefficient (Wildman–Crippen LogP) is 2.62. The molecule has 3 rings (SSSR count). The Morgan fingerprint density at radius 1 is 1.14 bits per heavy atom. The van der Waals surface area contributed by atoms with Crippen LogP contribution in [-0.4, -0.2) is 29.1 Å². The maximum absolute atomic E-state index is 5.51. The van der Waals surface area contributed by atoms with E-state index in [0.29, 0.717) is 0 Å². The van der Waals surface area contributed by atoms with Crippen LogP contribution in [0.5, 0.6) is 0 Å². The number of nitrogens with one attached hydrogen (secondary N) is 1. The molecular formula is C14H20N6S. The van der Waals surface area contributed by atoms with E-state index in [1.165, 1.54) is 11.3 Å². The van der Waals surface area contributed by atoms with Crippen molar-refractivity contribution in [1.29, 1.82) is 0 Å². The number of nitrogens with zero attached hydrogens (tertiary/aromatic N) is 5. The molecule has 1 N–H and O–H groups in total. The zero-order valence-corrected chi connectivity index (χ0v) is 13.9. The summed E-state index contributed by atoms with van der Waals surface area (Å²) in [4.78, 5) is 3.28. The van der Waals surface area contributed by atoms with Crippen LogP contribution in [0.3, 0.4) is 0 Å². The topological polar surface area (TPSA) is 56.4 Å². The molecule has 0 fully saturated rings. The Kier molecular flexibility index (Phi) is 3.24. The van der Waals surface area contributed by atoms with Crippen molar-refractivity contribution in [2.45, 2.75) is 40.8 Å². The second-order valence-electron chi connectivity index (χ2n) is 5.39. The molecule has 6 nitrogen and oxygen atoms in total. The molecule has 112 valence electrons. The van der Waals surface area contributed by atoms with E-state index < -0.39 is 0 Å².